The summed E-state index contributed by atoms with van der Waals surface area (Å²) in [6.07, 6.45) is 4.29. The predicted octanol–water partition coefficient (Wildman–Crippen LogP) is 1.91. The molecule has 1 atom stereocenters. The largest absolute Gasteiger partial charge is 0.479 e. The molecule has 1 heterocycles. The van der Waals surface area contributed by atoms with E-state index in [2.05, 4.69) is 10.4 Å². The number of carbonyl (C=O) groups is 2. The van der Waals surface area contributed by atoms with Gasteiger partial charge in [-0.05, 0) is 31.4 Å². The molecule has 23 heavy (non-hydrogen) atoms. The van der Waals surface area contributed by atoms with Crippen LogP contribution in [0.25, 0.3) is 0 Å². The van der Waals surface area contributed by atoms with Crippen LogP contribution < -0.4 is 5.32 Å². The molecule has 6 heteroatoms. The van der Waals surface area contributed by atoms with Crippen LogP contribution in [0.2, 0.25) is 0 Å². The molecular weight excluding hydrogens is 294 g/mol. The minimum absolute atomic E-state index is 0.222. The summed E-state index contributed by atoms with van der Waals surface area (Å²) in [6, 6.07) is 4.50. The van der Waals surface area contributed by atoms with Crippen molar-refractivity contribution in [2.75, 3.05) is 0 Å². The van der Waals surface area contributed by atoms with Gasteiger partial charge in [-0.3, -0.25) is 9.48 Å². The second-order valence-corrected chi connectivity index (χ2v) is 5.78. The van der Waals surface area contributed by atoms with Crippen LogP contribution >= 0.6 is 0 Å². The normalized spacial score (nSPS) is 12.0. The van der Waals surface area contributed by atoms with Crippen molar-refractivity contribution in [1.82, 2.24) is 15.1 Å². The van der Waals surface area contributed by atoms with Gasteiger partial charge in [-0.1, -0.05) is 29.3 Å². The fourth-order valence-corrected chi connectivity index (χ4v) is 2.56. The molecular formula is C17H21N3O3. The van der Waals surface area contributed by atoms with Crippen molar-refractivity contribution in [3.8, 4) is 0 Å². The Morgan fingerprint density at radius 3 is 2.43 bits per heavy atom. The number of carbonyl (C=O) groups excluding carboxylic acids is 1. The number of amides is 1. The van der Waals surface area contributed by atoms with E-state index in [1.807, 2.05) is 33.2 Å². The highest BCUT2D eigenvalue weighted by Gasteiger charge is 2.22. The van der Waals surface area contributed by atoms with Crippen LogP contribution in [0, 0.1) is 13.8 Å². The number of aliphatic carboxylic acids is 1. The van der Waals surface area contributed by atoms with Crippen LogP contribution in [0.15, 0.2) is 30.6 Å². The van der Waals surface area contributed by atoms with Gasteiger partial charge in [-0.15, -0.1) is 0 Å². The van der Waals surface area contributed by atoms with Gasteiger partial charge in [0, 0.05) is 19.7 Å². The molecule has 1 aromatic heterocycles. The highest BCUT2D eigenvalue weighted by molar-refractivity contribution is 5.84. The van der Waals surface area contributed by atoms with Crippen molar-refractivity contribution in [2.45, 2.75) is 32.7 Å². The first-order valence-electron chi connectivity index (χ1n) is 7.43. The smallest absolute Gasteiger partial charge is 0.330 e. The van der Waals surface area contributed by atoms with E-state index in [1.165, 1.54) is 0 Å². The van der Waals surface area contributed by atoms with E-state index in [-0.39, 0.29) is 12.3 Å². The summed E-state index contributed by atoms with van der Waals surface area (Å²) >= 11 is 0. The summed E-state index contributed by atoms with van der Waals surface area (Å²) in [5.74, 6) is -1.36. The van der Waals surface area contributed by atoms with E-state index in [1.54, 1.807) is 23.0 Å². The number of nitrogens with one attached hydrogen (secondary N) is 1. The lowest BCUT2D eigenvalue weighted by atomic mass is 10.0. The van der Waals surface area contributed by atoms with E-state index >= 15 is 0 Å². The zero-order valence-electron chi connectivity index (χ0n) is 13.5. The molecule has 2 N–H and O–H groups in total. The minimum atomic E-state index is -1.07. The summed E-state index contributed by atoms with van der Waals surface area (Å²) in [5, 5.41) is 16.1. The van der Waals surface area contributed by atoms with E-state index < -0.39 is 12.0 Å². The molecule has 0 aliphatic carbocycles. The van der Waals surface area contributed by atoms with Gasteiger partial charge < -0.3 is 10.4 Å². The number of rotatable bonds is 6. The van der Waals surface area contributed by atoms with Crippen molar-refractivity contribution < 1.29 is 14.7 Å². The number of hydrogen-bond donors (Lipinski definition) is 2. The Balaban J connectivity index is 2.04. The third kappa shape index (κ3) is 4.67. The van der Waals surface area contributed by atoms with E-state index in [0.717, 1.165) is 16.7 Å². The molecule has 1 unspecified atom stereocenters. The van der Waals surface area contributed by atoms with Crippen LogP contribution in [0.3, 0.4) is 0 Å². The number of aryl methyl sites for hydroxylation is 4. The molecule has 0 saturated heterocycles. The van der Waals surface area contributed by atoms with E-state index in [0.29, 0.717) is 12.0 Å². The molecule has 2 aromatic rings. The monoisotopic (exact) mass is 315 g/mol. The first-order valence-corrected chi connectivity index (χ1v) is 7.43. The molecule has 122 valence electrons. The van der Waals surface area contributed by atoms with Crippen LogP contribution in [-0.4, -0.2) is 26.8 Å². The van der Waals surface area contributed by atoms with Gasteiger partial charge >= 0.3 is 5.97 Å². The van der Waals surface area contributed by atoms with E-state index in [4.69, 9.17) is 0 Å². The molecule has 1 aromatic carbocycles. The number of carboxylic acids is 1. The highest BCUT2D eigenvalue weighted by atomic mass is 16.4. The van der Waals surface area contributed by atoms with Crippen molar-refractivity contribution in [3.05, 3.63) is 52.8 Å². The zero-order valence-corrected chi connectivity index (χ0v) is 13.5. The van der Waals surface area contributed by atoms with Gasteiger partial charge in [0.15, 0.2) is 6.04 Å². The summed E-state index contributed by atoms with van der Waals surface area (Å²) in [4.78, 5) is 23.6. The lowest BCUT2D eigenvalue weighted by Crippen LogP contribution is -2.34. The van der Waals surface area contributed by atoms with Crippen molar-refractivity contribution in [2.24, 2.45) is 7.05 Å². The first kappa shape index (κ1) is 16.7. The second-order valence-electron chi connectivity index (χ2n) is 5.78. The van der Waals surface area contributed by atoms with Crippen LogP contribution in [0.1, 0.15) is 34.7 Å². The van der Waals surface area contributed by atoms with Gasteiger partial charge in [0.2, 0.25) is 5.91 Å². The second kappa shape index (κ2) is 7.09. The Hall–Kier alpha value is -2.63. The van der Waals surface area contributed by atoms with E-state index in [9.17, 15) is 14.7 Å². The van der Waals surface area contributed by atoms with Crippen LogP contribution in [0.4, 0.5) is 0 Å². The third-order valence-corrected chi connectivity index (χ3v) is 3.53. The molecule has 0 spiro atoms. The molecule has 0 bridgehead atoms. The average molecular weight is 315 g/mol. The molecule has 0 fully saturated rings. The maximum absolute atomic E-state index is 12.1. The summed E-state index contributed by atoms with van der Waals surface area (Å²) in [7, 11) is 1.81. The SMILES string of the molecule is Cc1cc(C)cc(C(NC(=O)CCc2cnn(C)c2)C(=O)O)c1. The summed E-state index contributed by atoms with van der Waals surface area (Å²) in [5.41, 5.74) is 3.47. The topological polar surface area (TPSA) is 84.2 Å². The average Bonchev–Trinajstić information content (AvgIpc) is 2.87. The Kier molecular flexibility index (Phi) is 5.16. The number of benzene rings is 1. The molecule has 0 aliphatic heterocycles. The Labute approximate surface area is 135 Å². The summed E-state index contributed by atoms with van der Waals surface area (Å²) in [6.45, 7) is 3.80. The molecule has 0 aliphatic rings. The Morgan fingerprint density at radius 1 is 1.26 bits per heavy atom. The molecule has 0 saturated carbocycles. The number of hydrogen-bond acceptors (Lipinski definition) is 3. The quantitative estimate of drug-likeness (QED) is 0.853. The molecule has 2 rings (SSSR count). The number of aromatic nitrogens is 2. The molecule has 6 nitrogen and oxygen atoms in total. The van der Waals surface area contributed by atoms with Gasteiger partial charge in [0.1, 0.15) is 0 Å². The van der Waals surface area contributed by atoms with Gasteiger partial charge in [0.25, 0.3) is 0 Å². The molecule has 0 radical (unpaired) electrons. The number of nitrogens with zero attached hydrogens (tertiary/aromatic N) is 2. The number of carboxylic acid groups (broad SMARTS) is 1. The van der Waals surface area contributed by atoms with Crippen LogP contribution in [0.5, 0.6) is 0 Å². The third-order valence-electron chi connectivity index (χ3n) is 3.53. The first-order chi connectivity index (χ1) is 10.8. The van der Waals surface area contributed by atoms with Gasteiger partial charge in [-0.2, -0.15) is 5.10 Å². The van der Waals surface area contributed by atoms with Crippen LogP contribution in [-0.2, 0) is 23.1 Å². The highest BCUT2D eigenvalue weighted by Crippen LogP contribution is 2.18. The van der Waals surface area contributed by atoms with Crippen molar-refractivity contribution in [1.29, 1.82) is 0 Å². The fourth-order valence-electron chi connectivity index (χ4n) is 2.56. The lowest BCUT2D eigenvalue weighted by Gasteiger charge is -2.16. The van der Waals surface area contributed by atoms with Crippen molar-refractivity contribution >= 4 is 11.9 Å². The predicted molar refractivity (Wildman–Crippen MR) is 86.0 cm³/mol. The van der Waals surface area contributed by atoms with Crippen molar-refractivity contribution in [3.63, 3.8) is 0 Å². The Bertz CT molecular complexity index is 701. The van der Waals surface area contributed by atoms with Gasteiger partial charge in [-0.25, -0.2) is 4.79 Å². The standard InChI is InChI=1S/C17H21N3O3/c1-11-6-12(2)8-14(7-11)16(17(22)23)19-15(21)5-4-13-9-18-20(3)10-13/h6-10,16H,4-5H2,1-3H3,(H,19,21)(H,22,23). The maximum Gasteiger partial charge on any atom is 0.330 e. The summed E-state index contributed by atoms with van der Waals surface area (Å²) < 4.78 is 1.67. The lowest BCUT2D eigenvalue weighted by molar-refractivity contribution is -0.142. The Morgan fingerprint density at radius 2 is 1.91 bits per heavy atom. The maximum atomic E-state index is 12.1. The minimum Gasteiger partial charge on any atom is -0.479 e. The fraction of sp³-hybridized carbons (Fsp3) is 0.353. The molecule has 1 amide bonds. The van der Waals surface area contributed by atoms with Gasteiger partial charge in [0.05, 0.1) is 6.20 Å². The zero-order chi connectivity index (χ0) is 17.0.